The molecular weight excluding hydrogens is 345 g/mol. The van der Waals surface area contributed by atoms with Gasteiger partial charge < -0.3 is 4.74 Å². The van der Waals surface area contributed by atoms with Crippen molar-refractivity contribution in [2.45, 2.75) is 13.1 Å². The Morgan fingerprint density at radius 2 is 1.81 bits per heavy atom. The quantitative estimate of drug-likeness (QED) is 0.639. The van der Waals surface area contributed by atoms with Crippen LogP contribution in [0.2, 0.25) is 0 Å². The molecule has 26 heavy (non-hydrogen) atoms. The number of hydrogen-bond acceptors (Lipinski definition) is 3. The summed E-state index contributed by atoms with van der Waals surface area (Å²) in [5, 5.41) is 4.18. The predicted octanol–water partition coefficient (Wildman–Crippen LogP) is 4.65. The summed E-state index contributed by atoms with van der Waals surface area (Å²) >= 11 is 0. The first-order valence-electron chi connectivity index (χ1n) is 7.73. The number of carbonyl (C=O) groups is 1. The van der Waals surface area contributed by atoms with E-state index in [4.69, 9.17) is 0 Å². The number of aryl methyl sites for hydroxylation is 1. The molecule has 0 N–H and O–H groups in total. The van der Waals surface area contributed by atoms with E-state index in [0.29, 0.717) is 16.9 Å². The number of nitrogens with zero attached hydrogens (tertiary/aromatic N) is 2. The number of hydrogen-bond donors (Lipinski definition) is 0. The zero-order chi connectivity index (χ0) is 18.9. The smallest absolute Gasteiger partial charge is 0.417 e. The van der Waals surface area contributed by atoms with Crippen LogP contribution in [-0.4, -0.2) is 22.9 Å². The molecule has 3 rings (SSSR count). The minimum absolute atomic E-state index is 0.0832. The number of ether oxygens (including phenoxy) is 1. The van der Waals surface area contributed by atoms with Gasteiger partial charge >= 0.3 is 12.1 Å². The standard InChI is InChI=1S/C19H15F3N2O2/c1-12-10-17(18(25)26-2)23-24(12)14-7-5-6-13(11-14)15-8-3-4-9-16(15)19(20,21)22/h3-11H,1-2H3. The van der Waals surface area contributed by atoms with Crippen LogP contribution in [0.1, 0.15) is 21.7 Å². The highest BCUT2D eigenvalue weighted by atomic mass is 19.4. The highest BCUT2D eigenvalue weighted by Gasteiger charge is 2.33. The fraction of sp³-hybridized carbons (Fsp3) is 0.158. The maximum atomic E-state index is 13.3. The Balaban J connectivity index is 2.09. The van der Waals surface area contributed by atoms with Crippen molar-refractivity contribution in [3.8, 4) is 16.8 Å². The van der Waals surface area contributed by atoms with E-state index in [1.165, 1.54) is 23.9 Å². The zero-order valence-electron chi connectivity index (χ0n) is 14.0. The molecule has 1 heterocycles. The number of benzene rings is 2. The lowest BCUT2D eigenvalue weighted by molar-refractivity contribution is -0.137. The van der Waals surface area contributed by atoms with Gasteiger partial charge in [0.2, 0.25) is 0 Å². The van der Waals surface area contributed by atoms with E-state index in [0.717, 1.165) is 6.07 Å². The van der Waals surface area contributed by atoms with Crippen molar-refractivity contribution in [2.24, 2.45) is 0 Å². The summed E-state index contributed by atoms with van der Waals surface area (Å²) in [6.07, 6.45) is -4.45. The average Bonchev–Trinajstić information content (AvgIpc) is 3.02. The molecule has 0 saturated heterocycles. The minimum Gasteiger partial charge on any atom is -0.464 e. The fourth-order valence-electron chi connectivity index (χ4n) is 2.73. The lowest BCUT2D eigenvalue weighted by atomic mass is 9.99. The molecule has 0 bridgehead atoms. The summed E-state index contributed by atoms with van der Waals surface area (Å²) in [6, 6.07) is 13.5. The van der Waals surface area contributed by atoms with Gasteiger partial charge in [-0.2, -0.15) is 18.3 Å². The van der Waals surface area contributed by atoms with E-state index in [9.17, 15) is 18.0 Å². The second-order valence-corrected chi connectivity index (χ2v) is 5.67. The zero-order valence-corrected chi connectivity index (χ0v) is 14.0. The molecule has 0 saturated carbocycles. The number of alkyl halides is 3. The Kier molecular flexibility index (Phi) is 4.54. The van der Waals surface area contributed by atoms with E-state index in [2.05, 4.69) is 9.84 Å². The first-order valence-corrected chi connectivity index (χ1v) is 7.73. The second kappa shape index (κ2) is 6.67. The van der Waals surface area contributed by atoms with E-state index < -0.39 is 17.7 Å². The molecule has 0 radical (unpaired) electrons. The average molecular weight is 360 g/mol. The van der Waals surface area contributed by atoms with E-state index in [1.54, 1.807) is 43.3 Å². The van der Waals surface area contributed by atoms with Crippen LogP contribution in [0, 0.1) is 6.92 Å². The van der Waals surface area contributed by atoms with Gasteiger partial charge in [0, 0.05) is 5.69 Å². The molecule has 0 aliphatic carbocycles. The minimum atomic E-state index is -4.45. The van der Waals surface area contributed by atoms with Gasteiger partial charge in [-0.05, 0) is 42.3 Å². The Morgan fingerprint density at radius 3 is 2.50 bits per heavy atom. The summed E-state index contributed by atoms with van der Waals surface area (Å²) in [7, 11) is 1.26. The third-order valence-electron chi connectivity index (χ3n) is 3.92. The van der Waals surface area contributed by atoms with Crippen molar-refractivity contribution in [2.75, 3.05) is 7.11 Å². The maximum absolute atomic E-state index is 13.3. The van der Waals surface area contributed by atoms with Gasteiger partial charge in [0.15, 0.2) is 5.69 Å². The van der Waals surface area contributed by atoms with E-state index in [-0.39, 0.29) is 11.3 Å². The number of esters is 1. The molecular formula is C19H15F3N2O2. The molecule has 7 heteroatoms. The monoisotopic (exact) mass is 360 g/mol. The summed E-state index contributed by atoms with van der Waals surface area (Å²) < 4.78 is 46.0. The first kappa shape index (κ1) is 17.7. The highest BCUT2D eigenvalue weighted by Crippen LogP contribution is 2.37. The van der Waals surface area contributed by atoms with Crippen molar-refractivity contribution in [1.29, 1.82) is 0 Å². The van der Waals surface area contributed by atoms with Gasteiger partial charge in [-0.25, -0.2) is 9.48 Å². The van der Waals surface area contributed by atoms with Crippen LogP contribution >= 0.6 is 0 Å². The van der Waals surface area contributed by atoms with Gasteiger partial charge in [-0.1, -0.05) is 30.3 Å². The molecule has 0 fully saturated rings. The largest absolute Gasteiger partial charge is 0.464 e. The summed E-state index contributed by atoms with van der Waals surface area (Å²) in [6.45, 7) is 1.75. The molecule has 0 aliphatic rings. The molecule has 4 nitrogen and oxygen atoms in total. The number of carbonyl (C=O) groups excluding carboxylic acids is 1. The Bertz CT molecular complexity index is 961. The number of methoxy groups -OCH3 is 1. The molecule has 1 aromatic heterocycles. The van der Waals surface area contributed by atoms with Gasteiger partial charge in [-0.15, -0.1) is 0 Å². The lowest BCUT2D eigenvalue weighted by Crippen LogP contribution is -2.07. The van der Waals surface area contributed by atoms with Gasteiger partial charge in [0.05, 0.1) is 18.4 Å². The molecule has 0 unspecified atom stereocenters. The third kappa shape index (κ3) is 3.33. The van der Waals surface area contributed by atoms with Gasteiger partial charge in [-0.3, -0.25) is 0 Å². The summed E-state index contributed by atoms with van der Waals surface area (Å²) in [5.41, 5.74) is 1.12. The maximum Gasteiger partial charge on any atom is 0.417 e. The van der Waals surface area contributed by atoms with Crippen molar-refractivity contribution >= 4 is 5.97 Å². The SMILES string of the molecule is COC(=O)c1cc(C)n(-c2cccc(-c3ccccc3C(F)(F)F)c2)n1. The van der Waals surface area contributed by atoms with Crippen LogP contribution in [0.4, 0.5) is 13.2 Å². The molecule has 3 aromatic rings. The Labute approximate surface area is 147 Å². The number of aromatic nitrogens is 2. The van der Waals surface area contributed by atoms with Crippen molar-refractivity contribution in [3.63, 3.8) is 0 Å². The fourth-order valence-corrected chi connectivity index (χ4v) is 2.73. The molecule has 0 amide bonds. The molecule has 2 aromatic carbocycles. The normalized spacial score (nSPS) is 11.4. The Morgan fingerprint density at radius 1 is 1.08 bits per heavy atom. The van der Waals surface area contributed by atoms with Crippen LogP contribution in [0.3, 0.4) is 0 Å². The number of rotatable bonds is 3. The van der Waals surface area contributed by atoms with Crippen molar-refractivity contribution < 1.29 is 22.7 Å². The van der Waals surface area contributed by atoms with E-state index in [1.807, 2.05) is 0 Å². The topological polar surface area (TPSA) is 44.1 Å². The van der Waals surface area contributed by atoms with Crippen LogP contribution in [-0.2, 0) is 10.9 Å². The molecule has 134 valence electrons. The summed E-state index contributed by atoms with van der Waals surface area (Å²) in [4.78, 5) is 11.6. The molecule has 0 atom stereocenters. The van der Waals surface area contributed by atoms with Crippen LogP contribution < -0.4 is 0 Å². The first-order chi connectivity index (χ1) is 12.3. The second-order valence-electron chi connectivity index (χ2n) is 5.67. The van der Waals surface area contributed by atoms with Crippen molar-refractivity contribution in [3.05, 3.63) is 71.5 Å². The van der Waals surface area contributed by atoms with E-state index >= 15 is 0 Å². The summed E-state index contributed by atoms with van der Waals surface area (Å²) in [5.74, 6) is -0.578. The molecule has 0 spiro atoms. The molecule has 0 aliphatic heterocycles. The highest BCUT2D eigenvalue weighted by molar-refractivity contribution is 5.87. The van der Waals surface area contributed by atoms with Gasteiger partial charge in [0.1, 0.15) is 0 Å². The predicted molar refractivity (Wildman–Crippen MR) is 90.1 cm³/mol. The van der Waals surface area contributed by atoms with Crippen LogP contribution in [0.25, 0.3) is 16.8 Å². The third-order valence-corrected chi connectivity index (χ3v) is 3.92. The number of halogens is 3. The lowest BCUT2D eigenvalue weighted by Gasteiger charge is -2.14. The van der Waals surface area contributed by atoms with Crippen molar-refractivity contribution in [1.82, 2.24) is 9.78 Å². The van der Waals surface area contributed by atoms with Crippen LogP contribution in [0.5, 0.6) is 0 Å². The van der Waals surface area contributed by atoms with Crippen LogP contribution in [0.15, 0.2) is 54.6 Å². The Hall–Kier alpha value is -3.09. The van der Waals surface area contributed by atoms with Gasteiger partial charge in [0.25, 0.3) is 0 Å².